The van der Waals surface area contributed by atoms with Crippen molar-refractivity contribution in [3.8, 4) is 0 Å². The van der Waals surface area contributed by atoms with E-state index in [2.05, 4.69) is 17.4 Å². The molecule has 1 amide bonds. The van der Waals surface area contributed by atoms with Crippen LogP contribution in [0.2, 0.25) is 0 Å². The maximum Gasteiger partial charge on any atom is 0.228 e. The number of fused-ring (bicyclic) bond motifs is 1. The third-order valence-electron chi connectivity index (χ3n) is 3.82. The molecule has 1 N–H and O–H groups in total. The zero-order valence-corrected chi connectivity index (χ0v) is 13.1. The first kappa shape index (κ1) is 14.4. The van der Waals surface area contributed by atoms with Gasteiger partial charge in [0.25, 0.3) is 0 Å². The van der Waals surface area contributed by atoms with Crippen LogP contribution in [0.5, 0.6) is 0 Å². The zero-order valence-electron chi connectivity index (χ0n) is 13.1. The highest BCUT2D eigenvalue weighted by atomic mass is 16.3. The molecule has 3 nitrogen and oxygen atoms in total. The molecule has 0 saturated heterocycles. The number of benzene rings is 2. The highest BCUT2D eigenvalue weighted by Crippen LogP contribution is 2.23. The van der Waals surface area contributed by atoms with Crippen LogP contribution in [0.25, 0.3) is 11.0 Å². The summed E-state index contributed by atoms with van der Waals surface area (Å²) in [6, 6.07) is 12.0. The number of rotatable bonds is 3. The summed E-state index contributed by atoms with van der Waals surface area (Å²) in [5.41, 5.74) is 6.01. The fraction of sp³-hybridized carbons (Fsp3) is 0.211. The molecule has 112 valence electrons. The average molecular weight is 293 g/mol. The van der Waals surface area contributed by atoms with Crippen molar-refractivity contribution in [2.45, 2.75) is 27.2 Å². The standard InChI is InChI=1S/C19H19NO2/c1-12-4-6-17(14(3)8-12)20-19(21)10-15-11-22-18-7-5-13(2)9-16(15)18/h4-9,11H,10H2,1-3H3,(H,20,21). The number of aryl methyl sites for hydroxylation is 3. The highest BCUT2D eigenvalue weighted by molar-refractivity contribution is 5.95. The van der Waals surface area contributed by atoms with Crippen molar-refractivity contribution >= 4 is 22.6 Å². The van der Waals surface area contributed by atoms with Gasteiger partial charge in [0.05, 0.1) is 12.7 Å². The van der Waals surface area contributed by atoms with E-state index < -0.39 is 0 Å². The van der Waals surface area contributed by atoms with Gasteiger partial charge in [0.15, 0.2) is 0 Å². The van der Waals surface area contributed by atoms with Crippen LogP contribution in [-0.2, 0) is 11.2 Å². The lowest BCUT2D eigenvalue weighted by molar-refractivity contribution is -0.115. The van der Waals surface area contributed by atoms with Crippen LogP contribution in [-0.4, -0.2) is 5.91 Å². The fourth-order valence-corrected chi connectivity index (χ4v) is 2.65. The summed E-state index contributed by atoms with van der Waals surface area (Å²) in [5.74, 6) is -0.0313. The molecule has 2 aromatic carbocycles. The van der Waals surface area contributed by atoms with Crippen LogP contribution < -0.4 is 5.32 Å². The van der Waals surface area contributed by atoms with Gasteiger partial charge in [-0.25, -0.2) is 0 Å². The lowest BCUT2D eigenvalue weighted by Crippen LogP contribution is -2.15. The minimum Gasteiger partial charge on any atom is -0.464 e. The van der Waals surface area contributed by atoms with Crippen LogP contribution in [0.1, 0.15) is 22.3 Å². The summed E-state index contributed by atoms with van der Waals surface area (Å²) >= 11 is 0. The van der Waals surface area contributed by atoms with E-state index in [0.29, 0.717) is 6.42 Å². The zero-order chi connectivity index (χ0) is 15.7. The minimum atomic E-state index is -0.0313. The fourth-order valence-electron chi connectivity index (χ4n) is 2.65. The molecule has 0 fully saturated rings. The number of amides is 1. The molecule has 3 rings (SSSR count). The van der Waals surface area contributed by atoms with E-state index in [4.69, 9.17) is 4.42 Å². The summed E-state index contributed by atoms with van der Waals surface area (Å²) in [4.78, 5) is 12.3. The maximum absolute atomic E-state index is 12.3. The summed E-state index contributed by atoms with van der Waals surface area (Å²) in [6.07, 6.45) is 1.98. The van der Waals surface area contributed by atoms with E-state index in [-0.39, 0.29) is 5.91 Å². The van der Waals surface area contributed by atoms with Crippen LogP contribution in [0.4, 0.5) is 5.69 Å². The number of anilines is 1. The van der Waals surface area contributed by atoms with E-state index in [1.165, 1.54) is 5.56 Å². The van der Waals surface area contributed by atoms with Gasteiger partial charge in [-0.3, -0.25) is 4.79 Å². The smallest absolute Gasteiger partial charge is 0.228 e. The predicted octanol–water partition coefficient (Wildman–Crippen LogP) is 4.54. The Hall–Kier alpha value is -2.55. The molecule has 0 aliphatic heterocycles. The molecule has 0 bridgehead atoms. The lowest BCUT2D eigenvalue weighted by atomic mass is 10.1. The van der Waals surface area contributed by atoms with Gasteiger partial charge in [-0.1, -0.05) is 29.3 Å². The molecule has 3 aromatic rings. The van der Waals surface area contributed by atoms with Gasteiger partial charge < -0.3 is 9.73 Å². The summed E-state index contributed by atoms with van der Waals surface area (Å²) in [6.45, 7) is 6.07. The molecule has 0 saturated carbocycles. The van der Waals surface area contributed by atoms with Gasteiger partial charge in [-0.05, 0) is 44.5 Å². The van der Waals surface area contributed by atoms with Crippen molar-refractivity contribution in [3.05, 3.63) is 64.9 Å². The predicted molar refractivity (Wildman–Crippen MR) is 89.2 cm³/mol. The number of carbonyl (C=O) groups is 1. The number of nitrogens with one attached hydrogen (secondary N) is 1. The van der Waals surface area contributed by atoms with Crippen molar-refractivity contribution < 1.29 is 9.21 Å². The third kappa shape index (κ3) is 2.89. The molecule has 0 spiro atoms. The molecule has 0 radical (unpaired) electrons. The number of hydrogen-bond acceptors (Lipinski definition) is 2. The molecule has 1 aromatic heterocycles. The Morgan fingerprint density at radius 1 is 1.05 bits per heavy atom. The van der Waals surface area contributed by atoms with Gasteiger partial charge in [0.2, 0.25) is 5.91 Å². The van der Waals surface area contributed by atoms with E-state index in [0.717, 1.165) is 33.3 Å². The quantitative estimate of drug-likeness (QED) is 0.770. The van der Waals surface area contributed by atoms with Crippen LogP contribution in [0, 0.1) is 20.8 Å². The topological polar surface area (TPSA) is 42.2 Å². The Morgan fingerprint density at radius 3 is 2.55 bits per heavy atom. The number of furan rings is 1. The van der Waals surface area contributed by atoms with Gasteiger partial charge in [0.1, 0.15) is 5.58 Å². The van der Waals surface area contributed by atoms with Crippen molar-refractivity contribution in [1.29, 1.82) is 0 Å². The second-order valence-electron chi connectivity index (χ2n) is 5.80. The first-order chi connectivity index (χ1) is 10.5. The SMILES string of the molecule is Cc1ccc(NC(=O)Cc2coc3ccc(C)cc23)c(C)c1. The largest absolute Gasteiger partial charge is 0.464 e. The second kappa shape index (κ2) is 5.68. The molecule has 0 aliphatic rings. The van der Waals surface area contributed by atoms with E-state index in [9.17, 15) is 4.79 Å². The Bertz CT molecular complexity index is 846. The molecule has 3 heteroatoms. The lowest BCUT2D eigenvalue weighted by Gasteiger charge is -2.08. The van der Waals surface area contributed by atoms with Gasteiger partial charge >= 0.3 is 0 Å². The van der Waals surface area contributed by atoms with Crippen LogP contribution in [0.3, 0.4) is 0 Å². The maximum atomic E-state index is 12.3. The van der Waals surface area contributed by atoms with Crippen LogP contribution >= 0.6 is 0 Å². The normalized spacial score (nSPS) is 10.9. The van der Waals surface area contributed by atoms with Gasteiger partial charge in [-0.2, -0.15) is 0 Å². The summed E-state index contributed by atoms with van der Waals surface area (Å²) < 4.78 is 5.51. The van der Waals surface area contributed by atoms with Crippen molar-refractivity contribution in [3.63, 3.8) is 0 Å². The number of carbonyl (C=O) groups excluding carboxylic acids is 1. The van der Waals surface area contributed by atoms with Gasteiger partial charge in [0, 0.05) is 16.6 Å². The van der Waals surface area contributed by atoms with E-state index in [1.807, 2.05) is 45.0 Å². The summed E-state index contributed by atoms with van der Waals surface area (Å²) in [5, 5.41) is 3.98. The molecule has 0 aliphatic carbocycles. The monoisotopic (exact) mass is 293 g/mol. The average Bonchev–Trinajstić information content (AvgIpc) is 2.84. The molecule has 0 unspecified atom stereocenters. The van der Waals surface area contributed by atoms with Crippen molar-refractivity contribution in [2.75, 3.05) is 5.32 Å². The number of hydrogen-bond donors (Lipinski definition) is 1. The Kier molecular flexibility index (Phi) is 3.72. The third-order valence-corrected chi connectivity index (χ3v) is 3.82. The summed E-state index contributed by atoms with van der Waals surface area (Å²) in [7, 11) is 0. The van der Waals surface area contributed by atoms with Gasteiger partial charge in [-0.15, -0.1) is 0 Å². The Labute approximate surface area is 130 Å². The van der Waals surface area contributed by atoms with Crippen molar-refractivity contribution in [2.24, 2.45) is 0 Å². The first-order valence-corrected chi connectivity index (χ1v) is 7.37. The molecular weight excluding hydrogens is 274 g/mol. The molecule has 22 heavy (non-hydrogen) atoms. The Morgan fingerprint density at radius 2 is 1.77 bits per heavy atom. The Balaban J connectivity index is 1.79. The molecular formula is C19H19NO2. The highest BCUT2D eigenvalue weighted by Gasteiger charge is 2.11. The first-order valence-electron chi connectivity index (χ1n) is 7.37. The van der Waals surface area contributed by atoms with E-state index in [1.54, 1.807) is 6.26 Å². The van der Waals surface area contributed by atoms with Crippen molar-refractivity contribution in [1.82, 2.24) is 0 Å². The second-order valence-corrected chi connectivity index (χ2v) is 5.80. The molecule has 1 heterocycles. The van der Waals surface area contributed by atoms with E-state index >= 15 is 0 Å². The van der Waals surface area contributed by atoms with Crippen LogP contribution in [0.15, 0.2) is 47.1 Å². The minimum absolute atomic E-state index is 0.0313. The molecule has 0 atom stereocenters.